The van der Waals surface area contributed by atoms with Crippen LogP contribution in [0.1, 0.15) is 75.3 Å². The number of aromatic hydroxyl groups is 4. The fourth-order valence-corrected chi connectivity index (χ4v) is 3.66. The number of aryl methyl sites for hydroxylation is 2. The molecule has 0 fully saturated rings. The first kappa shape index (κ1) is 23.7. The van der Waals surface area contributed by atoms with Crippen LogP contribution in [0.4, 0.5) is 0 Å². The molecule has 0 radical (unpaired) electrons. The number of unbranched alkanes of at least 4 members (excludes halogenated alkanes) is 8. The van der Waals surface area contributed by atoms with Crippen LogP contribution in [0.2, 0.25) is 0 Å². The van der Waals surface area contributed by atoms with E-state index in [-0.39, 0.29) is 23.0 Å². The van der Waals surface area contributed by atoms with Gasteiger partial charge in [-0.3, -0.25) is 0 Å². The summed E-state index contributed by atoms with van der Waals surface area (Å²) in [6.07, 6.45) is 17.5. The van der Waals surface area contributed by atoms with Crippen molar-refractivity contribution in [3.8, 4) is 23.0 Å². The van der Waals surface area contributed by atoms with Crippen LogP contribution in [0.5, 0.6) is 23.0 Å². The predicted molar refractivity (Wildman–Crippen MR) is 122 cm³/mol. The number of phenolic OH excluding ortho intramolecular Hbond substituents is 4. The first-order valence-corrected chi connectivity index (χ1v) is 11.2. The second kappa shape index (κ2) is 13.6. The summed E-state index contributed by atoms with van der Waals surface area (Å²) in [6, 6.07) is 10.3. The molecule has 0 unspecified atom stereocenters. The van der Waals surface area contributed by atoms with E-state index in [1.54, 1.807) is 12.1 Å². The second-order valence-corrected chi connectivity index (χ2v) is 7.95. The van der Waals surface area contributed by atoms with Gasteiger partial charge in [-0.1, -0.05) is 62.1 Å². The Kier molecular flexibility index (Phi) is 10.7. The Morgan fingerprint density at radius 3 is 1.40 bits per heavy atom. The number of rotatable bonds is 14. The standard InChI is InChI=1S/C26H36O4/c27-23-19-13-17-21(25(23)29)15-11-9-7-5-3-1-2-4-6-8-10-12-16-22-18-14-20-24(28)26(22)30/h1,3,13-14,17-20,27-30H,2,4-12,15-16H2/b3-1-. The highest BCUT2D eigenvalue weighted by molar-refractivity contribution is 5.44. The molecule has 0 aliphatic rings. The fourth-order valence-electron chi connectivity index (χ4n) is 3.66. The smallest absolute Gasteiger partial charge is 0.160 e. The maximum absolute atomic E-state index is 9.79. The quantitative estimate of drug-likeness (QED) is 0.157. The zero-order valence-electron chi connectivity index (χ0n) is 17.9. The molecule has 2 aromatic carbocycles. The molecule has 0 atom stereocenters. The largest absolute Gasteiger partial charge is 0.504 e. The summed E-state index contributed by atoms with van der Waals surface area (Å²) >= 11 is 0. The second-order valence-electron chi connectivity index (χ2n) is 7.95. The Balaban J connectivity index is 1.41. The zero-order valence-corrected chi connectivity index (χ0v) is 17.9. The summed E-state index contributed by atoms with van der Waals surface area (Å²) in [7, 11) is 0. The summed E-state index contributed by atoms with van der Waals surface area (Å²) in [5.74, 6) is -0.0173. The Morgan fingerprint density at radius 2 is 0.900 bits per heavy atom. The van der Waals surface area contributed by atoms with Gasteiger partial charge < -0.3 is 20.4 Å². The average molecular weight is 413 g/mol. The van der Waals surface area contributed by atoms with Gasteiger partial charge in [-0.05, 0) is 74.6 Å². The van der Waals surface area contributed by atoms with Crippen molar-refractivity contribution in [2.24, 2.45) is 0 Å². The van der Waals surface area contributed by atoms with Crippen molar-refractivity contribution in [1.82, 2.24) is 0 Å². The Hall–Kier alpha value is -2.62. The van der Waals surface area contributed by atoms with Gasteiger partial charge in [-0.15, -0.1) is 0 Å². The lowest BCUT2D eigenvalue weighted by atomic mass is 10.0. The van der Waals surface area contributed by atoms with Crippen LogP contribution in [0.15, 0.2) is 48.6 Å². The Bertz CT molecular complexity index is 783. The van der Waals surface area contributed by atoms with Crippen molar-refractivity contribution in [2.45, 2.75) is 77.0 Å². The van der Waals surface area contributed by atoms with Gasteiger partial charge in [0.1, 0.15) is 0 Å². The summed E-state index contributed by atoms with van der Waals surface area (Å²) < 4.78 is 0. The number of hydrogen-bond donors (Lipinski definition) is 4. The molecule has 0 aliphatic heterocycles. The van der Waals surface area contributed by atoms with Crippen molar-refractivity contribution in [3.05, 3.63) is 59.7 Å². The molecular weight excluding hydrogens is 376 g/mol. The van der Waals surface area contributed by atoms with E-state index in [1.807, 2.05) is 12.1 Å². The number of benzene rings is 2. The predicted octanol–water partition coefficient (Wildman–Crippen LogP) is 6.75. The first-order chi connectivity index (χ1) is 14.6. The van der Waals surface area contributed by atoms with E-state index in [0.717, 1.165) is 68.9 Å². The van der Waals surface area contributed by atoms with Gasteiger partial charge in [0.05, 0.1) is 0 Å². The van der Waals surface area contributed by atoms with Crippen LogP contribution in [-0.2, 0) is 12.8 Å². The van der Waals surface area contributed by atoms with Crippen molar-refractivity contribution >= 4 is 0 Å². The average Bonchev–Trinajstić information content (AvgIpc) is 2.74. The van der Waals surface area contributed by atoms with Crippen molar-refractivity contribution in [1.29, 1.82) is 0 Å². The Morgan fingerprint density at radius 1 is 0.500 bits per heavy atom. The third-order valence-electron chi connectivity index (χ3n) is 5.50. The maximum atomic E-state index is 9.79. The molecule has 0 aliphatic carbocycles. The lowest BCUT2D eigenvalue weighted by Crippen LogP contribution is -1.87. The van der Waals surface area contributed by atoms with Crippen LogP contribution in [-0.4, -0.2) is 20.4 Å². The molecule has 0 heterocycles. The van der Waals surface area contributed by atoms with Crippen LogP contribution >= 0.6 is 0 Å². The van der Waals surface area contributed by atoms with Gasteiger partial charge >= 0.3 is 0 Å². The van der Waals surface area contributed by atoms with E-state index >= 15 is 0 Å². The molecule has 30 heavy (non-hydrogen) atoms. The van der Waals surface area contributed by atoms with Crippen LogP contribution < -0.4 is 0 Å². The molecule has 0 amide bonds. The van der Waals surface area contributed by atoms with Crippen molar-refractivity contribution in [3.63, 3.8) is 0 Å². The Labute approximate surface area is 180 Å². The van der Waals surface area contributed by atoms with Crippen molar-refractivity contribution < 1.29 is 20.4 Å². The molecule has 4 nitrogen and oxygen atoms in total. The molecule has 0 saturated heterocycles. The summed E-state index contributed by atoms with van der Waals surface area (Å²) in [5, 5.41) is 38.6. The molecule has 0 saturated carbocycles. The maximum Gasteiger partial charge on any atom is 0.160 e. The highest BCUT2D eigenvalue weighted by atomic mass is 16.3. The van der Waals surface area contributed by atoms with E-state index in [4.69, 9.17) is 0 Å². The van der Waals surface area contributed by atoms with Gasteiger partial charge in [0.15, 0.2) is 23.0 Å². The van der Waals surface area contributed by atoms with Crippen LogP contribution in [0, 0.1) is 0 Å². The van der Waals surface area contributed by atoms with E-state index < -0.39 is 0 Å². The molecule has 2 rings (SSSR count). The number of allylic oxidation sites excluding steroid dienone is 2. The monoisotopic (exact) mass is 412 g/mol. The zero-order chi connectivity index (χ0) is 21.6. The third kappa shape index (κ3) is 8.40. The molecule has 164 valence electrons. The highest BCUT2D eigenvalue weighted by Crippen LogP contribution is 2.30. The topological polar surface area (TPSA) is 80.9 Å². The van der Waals surface area contributed by atoms with Crippen molar-refractivity contribution in [2.75, 3.05) is 0 Å². The minimum atomic E-state index is -0.0359. The number of hydrogen-bond acceptors (Lipinski definition) is 4. The molecule has 0 aromatic heterocycles. The molecule has 2 aromatic rings. The third-order valence-corrected chi connectivity index (χ3v) is 5.50. The minimum Gasteiger partial charge on any atom is -0.504 e. The number of phenols is 4. The van der Waals surface area contributed by atoms with E-state index in [9.17, 15) is 20.4 Å². The summed E-state index contributed by atoms with van der Waals surface area (Å²) in [4.78, 5) is 0. The minimum absolute atomic E-state index is 0.0231. The van der Waals surface area contributed by atoms with E-state index in [2.05, 4.69) is 12.2 Å². The molecular formula is C26H36O4. The van der Waals surface area contributed by atoms with Crippen LogP contribution in [0.3, 0.4) is 0 Å². The lowest BCUT2D eigenvalue weighted by Gasteiger charge is -2.06. The highest BCUT2D eigenvalue weighted by Gasteiger charge is 2.05. The summed E-state index contributed by atoms with van der Waals surface area (Å²) in [5.41, 5.74) is 1.65. The molecule has 0 spiro atoms. The van der Waals surface area contributed by atoms with E-state index in [1.165, 1.54) is 31.4 Å². The van der Waals surface area contributed by atoms with Gasteiger partial charge in [0.25, 0.3) is 0 Å². The van der Waals surface area contributed by atoms with E-state index in [0.29, 0.717) is 0 Å². The molecule has 0 bridgehead atoms. The van der Waals surface area contributed by atoms with Gasteiger partial charge in [-0.2, -0.15) is 0 Å². The number of para-hydroxylation sites is 2. The summed E-state index contributed by atoms with van der Waals surface area (Å²) in [6.45, 7) is 0. The SMILES string of the molecule is Oc1cccc(CCCCC/C=C\CCCCCCCc2cccc(O)c2O)c1O. The lowest BCUT2D eigenvalue weighted by molar-refractivity contribution is 0.398. The van der Waals surface area contributed by atoms with Gasteiger partial charge in [0, 0.05) is 0 Å². The van der Waals surface area contributed by atoms with Gasteiger partial charge in [0.2, 0.25) is 0 Å². The van der Waals surface area contributed by atoms with Gasteiger partial charge in [-0.25, -0.2) is 0 Å². The molecule has 4 N–H and O–H groups in total. The van der Waals surface area contributed by atoms with Crippen LogP contribution in [0.25, 0.3) is 0 Å². The molecule has 4 heteroatoms. The first-order valence-electron chi connectivity index (χ1n) is 11.2. The normalized spacial score (nSPS) is 11.3. The fraction of sp³-hybridized carbons (Fsp3) is 0.462.